The molecule has 4 N–H and O–H groups in total. The molecule has 1 amide bonds. The van der Waals surface area contributed by atoms with Crippen molar-refractivity contribution < 1.29 is 29.3 Å². The maximum Gasteiger partial charge on any atom is 0.404 e. The standard InChI is InChI=1S/C33H44BrNO6/c1-22-12-10-16-29(37)41-28(24(3)18-17-23(2)21-25(20-22)40-32(35)39)15-8-6-7-9-19-33(4,5)31(38)26-13-11-14-27(36)30(26)34/h9-11,13-14,16-19,22-25,28,31,36,38H,8,12,15,20-21H2,1-5H3,(H2,35,39)/b16-10-,18-17+,19-9+/t22-,23+,24-,25-,28-,31?/m1/s1. The van der Waals surface area contributed by atoms with Gasteiger partial charge in [-0.2, -0.15) is 0 Å². The topological polar surface area (TPSA) is 119 Å². The van der Waals surface area contributed by atoms with E-state index in [0.717, 1.165) is 0 Å². The summed E-state index contributed by atoms with van der Waals surface area (Å²) in [5.74, 6) is 6.14. The molecule has 41 heavy (non-hydrogen) atoms. The van der Waals surface area contributed by atoms with Crippen LogP contribution in [0.4, 0.5) is 4.79 Å². The summed E-state index contributed by atoms with van der Waals surface area (Å²) in [4.78, 5) is 23.9. The Morgan fingerprint density at radius 2 is 2.00 bits per heavy atom. The van der Waals surface area contributed by atoms with Crippen molar-refractivity contribution in [3.05, 3.63) is 64.7 Å². The lowest BCUT2D eigenvalue weighted by atomic mass is 9.82. The Morgan fingerprint density at radius 3 is 2.71 bits per heavy atom. The molecule has 0 radical (unpaired) electrons. The molecule has 1 unspecified atom stereocenters. The Morgan fingerprint density at radius 1 is 1.27 bits per heavy atom. The number of aromatic hydroxyl groups is 1. The van der Waals surface area contributed by atoms with Gasteiger partial charge in [0.05, 0.1) is 10.6 Å². The van der Waals surface area contributed by atoms with Gasteiger partial charge in [-0.15, -0.1) is 0 Å². The fraction of sp³-hybridized carbons (Fsp3) is 0.515. The van der Waals surface area contributed by atoms with Crippen molar-refractivity contribution in [3.8, 4) is 17.6 Å². The maximum atomic E-state index is 12.6. The third-order valence-electron chi connectivity index (χ3n) is 7.23. The van der Waals surface area contributed by atoms with E-state index >= 15 is 0 Å². The zero-order valence-corrected chi connectivity index (χ0v) is 26.3. The quantitative estimate of drug-likeness (QED) is 0.175. The SMILES string of the molecule is C[C@@H]1C/C=C\C(=O)O[C@H](CCC#C/C=C/C(C)(C)C(O)c2cccc(O)c2Br)[C@H](C)/C=C/[C@H](C)C[C@H](OC(N)=O)C1. The van der Waals surface area contributed by atoms with Crippen LogP contribution in [0.1, 0.15) is 78.4 Å². The van der Waals surface area contributed by atoms with E-state index in [1.807, 2.05) is 39.8 Å². The summed E-state index contributed by atoms with van der Waals surface area (Å²) in [6.07, 6.45) is 11.7. The Hall–Kier alpha value is -3.02. The average molecular weight is 631 g/mol. The van der Waals surface area contributed by atoms with Crippen molar-refractivity contribution in [3.63, 3.8) is 0 Å². The largest absolute Gasteiger partial charge is 0.507 e. The van der Waals surface area contributed by atoms with Crippen LogP contribution in [0, 0.1) is 35.0 Å². The van der Waals surface area contributed by atoms with Gasteiger partial charge in [0.15, 0.2) is 0 Å². The third-order valence-corrected chi connectivity index (χ3v) is 8.10. The number of rotatable bonds is 6. The minimum Gasteiger partial charge on any atom is -0.507 e. The number of benzene rings is 1. The van der Waals surface area contributed by atoms with Crippen molar-refractivity contribution in [1.82, 2.24) is 0 Å². The second-order valence-electron chi connectivity index (χ2n) is 11.6. The van der Waals surface area contributed by atoms with Gasteiger partial charge < -0.3 is 25.4 Å². The number of allylic oxidation sites excluding steroid dienone is 3. The van der Waals surface area contributed by atoms with Gasteiger partial charge in [0.25, 0.3) is 0 Å². The molecule has 1 aromatic rings. The number of halogens is 1. The van der Waals surface area contributed by atoms with E-state index in [0.29, 0.717) is 42.1 Å². The maximum absolute atomic E-state index is 12.6. The Kier molecular flexibility index (Phi) is 13.7. The Labute approximate surface area is 253 Å². The average Bonchev–Trinajstić information content (AvgIpc) is 2.88. The number of hydrogen-bond donors (Lipinski definition) is 3. The molecule has 6 atom stereocenters. The van der Waals surface area contributed by atoms with Gasteiger partial charge in [0.1, 0.15) is 18.0 Å². The summed E-state index contributed by atoms with van der Waals surface area (Å²) >= 11 is 3.35. The van der Waals surface area contributed by atoms with Crippen LogP contribution in [-0.2, 0) is 14.3 Å². The molecule has 7 nitrogen and oxygen atoms in total. The molecule has 0 saturated heterocycles. The highest BCUT2D eigenvalue weighted by Gasteiger charge is 2.28. The van der Waals surface area contributed by atoms with Gasteiger partial charge in [-0.25, -0.2) is 9.59 Å². The van der Waals surface area contributed by atoms with Crippen molar-refractivity contribution in [2.24, 2.45) is 28.9 Å². The summed E-state index contributed by atoms with van der Waals surface area (Å²) in [6, 6.07) is 5.02. The lowest BCUT2D eigenvalue weighted by Crippen LogP contribution is -2.26. The highest BCUT2D eigenvalue weighted by molar-refractivity contribution is 9.10. The number of cyclic esters (lactones) is 1. The van der Waals surface area contributed by atoms with Crippen LogP contribution in [0.25, 0.3) is 0 Å². The predicted molar refractivity (Wildman–Crippen MR) is 165 cm³/mol. The van der Waals surface area contributed by atoms with Crippen molar-refractivity contribution >= 4 is 28.0 Å². The monoisotopic (exact) mass is 629 g/mol. The molecule has 0 saturated carbocycles. The van der Waals surface area contributed by atoms with Gasteiger partial charge >= 0.3 is 12.1 Å². The molecular formula is C33H44BrNO6. The van der Waals surface area contributed by atoms with E-state index in [2.05, 4.69) is 40.8 Å². The third kappa shape index (κ3) is 11.8. The van der Waals surface area contributed by atoms with E-state index in [9.17, 15) is 19.8 Å². The second-order valence-corrected chi connectivity index (χ2v) is 12.4. The highest BCUT2D eigenvalue weighted by Crippen LogP contribution is 2.40. The zero-order chi connectivity index (χ0) is 30.6. The van der Waals surface area contributed by atoms with E-state index in [1.165, 1.54) is 6.08 Å². The van der Waals surface area contributed by atoms with E-state index in [-0.39, 0.29) is 41.7 Å². The molecule has 0 aromatic heterocycles. The number of primary amides is 1. The van der Waals surface area contributed by atoms with E-state index in [1.54, 1.807) is 30.4 Å². The van der Waals surface area contributed by atoms with E-state index < -0.39 is 17.6 Å². The summed E-state index contributed by atoms with van der Waals surface area (Å²) in [6.45, 7) is 9.91. The predicted octanol–water partition coefficient (Wildman–Crippen LogP) is 7.13. The van der Waals surface area contributed by atoms with Crippen molar-refractivity contribution in [2.45, 2.75) is 85.0 Å². The first kappa shape index (κ1) is 34.2. The Bertz CT molecular complexity index is 1180. The van der Waals surface area contributed by atoms with Crippen LogP contribution in [0.3, 0.4) is 0 Å². The molecule has 1 aliphatic heterocycles. The van der Waals surface area contributed by atoms with Crippen LogP contribution in [0.15, 0.2) is 59.1 Å². The molecule has 8 heteroatoms. The lowest BCUT2D eigenvalue weighted by Gasteiger charge is -2.28. The van der Waals surface area contributed by atoms with Crippen LogP contribution < -0.4 is 5.73 Å². The number of ether oxygens (including phenoxy) is 2. The van der Waals surface area contributed by atoms with Gasteiger partial charge in [0.2, 0.25) is 0 Å². The molecule has 1 aliphatic rings. The first-order valence-electron chi connectivity index (χ1n) is 14.1. The molecule has 0 fully saturated rings. The lowest BCUT2D eigenvalue weighted by molar-refractivity contribution is -0.144. The molecular weight excluding hydrogens is 586 g/mol. The number of amides is 1. The van der Waals surface area contributed by atoms with Crippen LogP contribution in [-0.4, -0.2) is 34.5 Å². The zero-order valence-electron chi connectivity index (χ0n) is 24.7. The minimum atomic E-state index is -0.852. The summed E-state index contributed by atoms with van der Waals surface area (Å²) in [5.41, 5.74) is 5.25. The highest BCUT2D eigenvalue weighted by atomic mass is 79.9. The summed E-state index contributed by atoms with van der Waals surface area (Å²) < 4.78 is 11.6. The summed E-state index contributed by atoms with van der Waals surface area (Å²) in [7, 11) is 0. The molecule has 0 spiro atoms. The van der Waals surface area contributed by atoms with Gasteiger partial charge in [0, 0.05) is 23.8 Å². The van der Waals surface area contributed by atoms with Crippen molar-refractivity contribution in [1.29, 1.82) is 0 Å². The number of phenolic OH excluding ortho intramolecular Hbond substituents is 1. The van der Waals surface area contributed by atoms with Gasteiger partial charge in [-0.3, -0.25) is 0 Å². The summed E-state index contributed by atoms with van der Waals surface area (Å²) in [5, 5.41) is 20.8. The Balaban J connectivity index is 2.07. The van der Waals surface area contributed by atoms with Gasteiger partial charge in [-0.1, -0.05) is 82.9 Å². The van der Waals surface area contributed by atoms with Crippen LogP contribution in [0.2, 0.25) is 0 Å². The number of nitrogens with two attached hydrogens (primary N) is 1. The molecule has 2 rings (SSSR count). The smallest absolute Gasteiger partial charge is 0.404 e. The van der Waals surface area contributed by atoms with Crippen molar-refractivity contribution in [2.75, 3.05) is 0 Å². The normalized spacial score (nSPS) is 26.6. The second kappa shape index (κ2) is 16.4. The first-order chi connectivity index (χ1) is 19.3. The number of esters is 1. The number of aliphatic hydroxyl groups excluding tert-OH is 1. The molecule has 0 aliphatic carbocycles. The van der Waals surface area contributed by atoms with E-state index in [4.69, 9.17) is 15.2 Å². The van der Waals surface area contributed by atoms with Crippen LogP contribution in [0.5, 0.6) is 5.75 Å². The number of phenols is 1. The molecule has 224 valence electrons. The number of aliphatic hydroxyl groups is 1. The number of carbonyl (C=O) groups excluding carboxylic acids is 2. The molecule has 1 heterocycles. The fourth-order valence-corrected chi connectivity index (χ4v) is 5.22. The first-order valence-corrected chi connectivity index (χ1v) is 14.9. The fourth-order valence-electron chi connectivity index (χ4n) is 4.74. The molecule has 0 bridgehead atoms. The van der Waals surface area contributed by atoms with Crippen LogP contribution >= 0.6 is 15.9 Å². The number of carbonyl (C=O) groups is 2. The van der Waals surface area contributed by atoms with Gasteiger partial charge in [-0.05, 0) is 71.2 Å². The minimum absolute atomic E-state index is 0.0423. The number of hydrogen-bond acceptors (Lipinski definition) is 6. The molecule has 1 aromatic carbocycles.